The van der Waals surface area contributed by atoms with Gasteiger partial charge < -0.3 is 14.9 Å². The van der Waals surface area contributed by atoms with Crippen LogP contribution in [0.4, 0.5) is 0 Å². The Morgan fingerprint density at radius 1 is 1.33 bits per heavy atom. The van der Waals surface area contributed by atoms with Crippen molar-refractivity contribution in [3.05, 3.63) is 34.3 Å². The highest BCUT2D eigenvalue weighted by Gasteiger charge is 2.33. The van der Waals surface area contributed by atoms with Crippen molar-refractivity contribution in [1.29, 1.82) is 0 Å². The minimum atomic E-state index is -0.566. The summed E-state index contributed by atoms with van der Waals surface area (Å²) in [5.74, 6) is 0. The summed E-state index contributed by atoms with van der Waals surface area (Å²) >= 11 is 3.36. The van der Waals surface area contributed by atoms with Gasteiger partial charge in [-0.25, -0.2) is 0 Å². The zero-order valence-corrected chi connectivity index (χ0v) is 9.72. The molecule has 3 nitrogen and oxygen atoms in total. The molecule has 3 atom stereocenters. The summed E-state index contributed by atoms with van der Waals surface area (Å²) in [7, 11) is 0. The fourth-order valence-electron chi connectivity index (χ4n) is 1.79. The average molecular weight is 273 g/mol. The third-order valence-electron chi connectivity index (χ3n) is 2.65. The molecule has 1 heterocycles. The Balaban J connectivity index is 2.10. The van der Waals surface area contributed by atoms with E-state index >= 15 is 0 Å². The van der Waals surface area contributed by atoms with Crippen molar-refractivity contribution in [3.8, 4) is 0 Å². The predicted octanol–water partition coefficient (Wildman–Crippen LogP) is 1.63. The number of hydrogen-bond acceptors (Lipinski definition) is 3. The second-order valence-corrected chi connectivity index (χ2v) is 4.62. The van der Waals surface area contributed by atoms with Gasteiger partial charge in [-0.05, 0) is 17.7 Å². The molecule has 15 heavy (non-hydrogen) atoms. The average Bonchev–Trinajstić information content (AvgIpc) is 2.61. The van der Waals surface area contributed by atoms with Gasteiger partial charge in [0, 0.05) is 10.9 Å². The lowest BCUT2D eigenvalue weighted by Crippen LogP contribution is -2.24. The lowest BCUT2D eigenvalue weighted by Gasteiger charge is -2.12. The van der Waals surface area contributed by atoms with Crippen LogP contribution in [-0.4, -0.2) is 29.0 Å². The normalized spacial score (nSPS) is 30.7. The Morgan fingerprint density at radius 2 is 2.00 bits per heavy atom. The summed E-state index contributed by atoms with van der Waals surface area (Å²) in [6.07, 6.45) is -0.570. The van der Waals surface area contributed by atoms with Gasteiger partial charge in [0.25, 0.3) is 0 Å². The Morgan fingerprint density at radius 3 is 2.53 bits per heavy atom. The lowest BCUT2D eigenvalue weighted by molar-refractivity contribution is -0.0225. The van der Waals surface area contributed by atoms with E-state index in [9.17, 15) is 5.11 Å². The first-order chi connectivity index (χ1) is 7.20. The highest BCUT2D eigenvalue weighted by molar-refractivity contribution is 9.10. The van der Waals surface area contributed by atoms with Crippen LogP contribution in [0.3, 0.4) is 0 Å². The van der Waals surface area contributed by atoms with Crippen LogP contribution in [0.2, 0.25) is 0 Å². The van der Waals surface area contributed by atoms with E-state index in [1.165, 1.54) is 0 Å². The number of aliphatic hydroxyl groups excluding tert-OH is 2. The Bertz CT molecular complexity index is 325. The Kier molecular flexibility index (Phi) is 3.41. The van der Waals surface area contributed by atoms with Crippen LogP contribution in [0, 0.1) is 0 Å². The van der Waals surface area contributed by atoms with Crippen LogP contribution >= 0.6 is 15.9 Å². The zero-order chi connectivity index (χ0) is 10.8. The molecule has 2 rings (SSSR count). The molecule has 1 aromatic carbocycles. The SMILES string of the molecule is OC[C@H]1O[C@@H](c2ccc(Br)cc2)CC1O. The summed E-state index contributed by atoms with van der Waals surface area (Å²) in [6.45, 7) is -0.131. The summed E-state index contributed by atoms with van der Waals surface area (Å²) in [5, 5.41) is 18.5. The lowest BCUT2D eigenvalue weighted by atomic mass is 10.1. The van der Waals surface area contributed by atoms with Crippen molar-refractivity contribution in [1.82, 2.24) is 0 Å². The number of benzene rings is 1. The van der Waals surface area contributed by atoms with E-state index < -0.39 is 12.2 Å². The van der Waals surface area contributed by atoms with E-state index in [4.69, 9.17) is 9.84 Å². The highest BCUT2D eigenvalue weighted by atomic mass is 79.9. The van der Waals surface area contributed by atoms with E-state index in [2.05, 4.69) is 15.9 Å². The fourth-order valence-corrected chi connectivity index (χ4v) is 2.05. The Hall–Kier alpha value is -0.420. The first kappa shape index (κ1) is 11.1. The number of hydrogen-bond donors (Lipinski definition) is 2. The van der Waals surface area contributed by atoms with Crippen molar-refractivity contribution in [3.63, 3.8) is 0 Å². The number of halogens is 1. The first-order valence-corrected chi connectivity index (χ1v) is 5.70. The molecule has 0 amide bonds. The molecule has 1 aliphatic rings. The number of aliphatic hydroxyl groups is 2. The molecule has 0 aromatic heterocycles. The van der Waals surface area contributed by atoms with Crippen LogP contribution < -0.4 is 0 Å². The van der Waals surface area contributed by atoms with Gasteiger partial charge in [0.2, 0.25) is 0 Å². The minimum Gasteiger partial charge on any atom is -0.394 e. The van der Waals surface area contributed by atoms with Gasteiger partial charge in [-0.3, -0.25) is 0 Å². The summed E-state index contributed by atoms with van der Waals surface area (Å²) < 4.78 is 6.55. The van der Waals surface area contributed by atoms with Crippen LogP contribution in [0.1, 0.15) is 18.1 Å². The van der Waals surface area contributed by atoms with E-state index in [1.54, 1.807) is 0 Å². The fraction of sp³-hybridized carbons (Fsp3) is 0.455. The van der Waals surface area contributed by atoms with Crippen LogP contribution in [-0.2, 0) is 4.74 Å². The smallest absolute Gasteiger partial charge is 0.107 e. The summed E-state index contributed by atoms with van der Waals surface area (Å²) in [6, 6.07) is 7.80. The van der Waals surface area contributed by atoms with Gasteiger partial charge in [-0.15, -0.1) is 0 Å². The van der Waals surface area contributed by atoms with Crippen LogP contribution in [0.15, 0.2) is 28.7 Å². The number of ether oxygens (including phenoxy) is 1. The van der Waals surface area contributed by atoms with Crippen molar-refractivity contribution in [2.45, 2.75) is 24.7 Å². The van der Waals surface area contributed by atoms with Gasteiger partial charge in [-0.2, -0.15) is 0 Å². The molecule has 1 fully saturated rings. The third-order valence-corrected chi connectivity index (χ3v) is 3.17. The monoisotopic (exact) mass is 272 g/mol. The van der Waals surface area contributed by atoms with Crippen LogP contribution in [0.25, 0.3) is 0 Å². The standard InChI is InChI=1S/C11H13BrO3/c12-8-3-1-7(2-4-8)10-5-9(14)11(6-13)15-10/h1-4,9-11,13-14H,5-6H2/t9?,10-,11-/m1/s1. The van der Waals surface area contributed by atoms with Crippen molar-refractivity contribution >= 4 is 15.9 Å². The molecule has 82 valence electrons. The topological polar surface area (TPSA) is 49.7 Å². The van der Waals surface area contributed by atoms with Crippen molar-refractivity contribution < 1.29 is 14.9 Å². The van der Waals surface area contributed by atoms with Gasteiger partial charge in [0.05, 0.1) is 18.8 Å². The maximum Gasteiger partial charge on any atom is 0.107 e. The van der Waals surface area contributed by atoms with Crippen molar-refractivity contribution in [2.24, 2.45) is 0 Å². The quantitative estimate of drug-likeness (QED) is 0.861. The molecular weight excluding hydrogens is 260 g/mol. The predicted molar refractivity (Wildman–Crippen MR) is 59.5 cm³/mol. The molecule has 0 radical (unpaired) electrons. The molecular formula is C11H13BrO3. The van der Waals surface area contributed by atoms with E-state index in [1.807, 2.05) is 24.3 Å². The van der Waals surface area contributed by atoms with E-state index in [0.717, 1.165) is 10.0 Å². The molecule has 0 bridgehead atoms. The zero-order valence-electron chi connectivity index (χ0n) is 8.14. The molecule has 2 N–H and O–H groups in total. The molecule has 1 aromatic rings. The molecule has 0 saturated carbocycles. The first-order valence-electron chi connectivity index (χ1n) is 4.90. The van der Waals surface area contributed by atoms with Crippen molar-refractivity contribution in [2.75, 3.05) is 6.61 Å². The third kappa shape index (κ3) is 2.39. The molecule has 1 aliphatic heterocycles. The summed E-state index contributed by atoms with van der Waals surface area (Å²) in [5.41, 5.74) is 1.04. The molecule has 0 aliphatic carbocycles. The van der Waals surface area contributed by atoms with Gasteiger partial charge in [0.15, 0.2) is 0 Å². The molecule has 1 unspecified atom stereocenters. The maximum absolute atomic E-state index is 9.58. The molecule has 1 saturated heterocycles. The number of rotatable bonds is 2. The van der Waals surface area contributed by atoms with Crippen LogP contribution in [0.5, 0.6) is 0 Å². The molecule has 4 heteroatoms. The van der Waals surface area contributed by atoms with E-state index in [-0.39, 0.29) is 12.7 Å². The minimum absolute atomic E-state index is 0.106. The van der Waals surface area contributed by atoms with Gasteiger partial charge in [0.1, 0.15) is 6.10 Å². The second kappa shape index (κ2) is 4.61. The largest absolute Gasteiger partial charge is 0.394 e. The maximum atomic E-state index is 9.58. The van der Waals surface area contributed by atoms with Gasteiger partial charge in [-0.1, -0.05) is 28.1 Å². The summed E-state index contributed by atoms with van der Waals surface area (Å²) in [4.78, 5) is 0. The molecule has 0 spiro atoms. The van der Waals surface area contributed by atoms with Gasteiger partial charge >= 0.3 is 0 Å². The highest BCUT2D eigenvalue weighted by Crippen LogP contribution is 2.33. The Labute approximate surface area is 96.8 Å². The second-order valence-electron chi connectivity index (χ2n) is 3.70. The van der Waals surface area contributed by atoms with E-state index in [0.29, 0.717) is 6.42 Å².